The minimum atomic E-state index is -0.883. The van der Waals surface area contributed by atoms with E-state index in [1.165, 1.54) is 0 Å². The van der Waals surface area contributed by atoms with Crippen molar-refractivity contribution in [3.63, 3.8) is 0 Å². The fourth-order valence-corrected chi connectivity index (χ4v) is 2.18. The molecule has 0 aliphatic carbocycles. The number of ether oxygens (including phenoxy) is 1. The minimum Gasteiger partial charge on any atom is -0.465 e. The van der Waals surface area contributed by atoms with Gasteiger partial charge >= 0.3 is 5.97 Å². The van der Waals surface area contributed by atoms with Gasteiger partial charge in [-0.3, -0.25) is 4.79 Å². The lowest BCUT2D eigenvalue weighted by atomic mass is 9.96. The van der Waals surface area contributed by atoms with Crippen LogP contribution in [0, 0.1) is 0 Å². The average Bonchev–Trinajstić information content (AvgIpc) is 2.83. The monoisotopic (exact) mass is 281 g/mol. The smallest absolute Gasteiger partial charge is 0.325 e. The number of nitrogens with two attached hydrogens (primary N) is 1. The number of esters is 1. The molecule has 0 aliphatic heterocycles. The molecule has 0 aliphatic rings. The van der Waals surface area contributed by atoms with Crippen LogP contribution in [0.5, 0.6) is 0 Å². The normalized spacial score (nSPS) is 14.3. The fourth-order valence-electron chi connectivity index (χ4n) is 2.18. The van der Waals surface area contributed by atoms with Crippen LogP contribution in [0.3, 0.4) is 0 Å². The van der Waals surface area contributed by atoms with Gasteiger partial charge in [-0.05, 0) is 33.1 Å². The summed E-state index contributed by atoms with van der Waals surface area (Å²) >= 11 is 0. The van der Waals surface area contributed by atoms with Crippen molar-refractivity contribution >= 4 is 5.97 Å². The van der Waals surface area contributed by atoms with Crippen molar-refractivity contribution in [1.29, 1.82) is 0 Å². The van der Waals surface area contributed by atoms with Crippen LogP contribution in [0.4, 0.5) is 0 Å². The third-order valence-electron chi connectivity index (χ3n) is 3.35. The Bertz CT molecular complexity index is 425. The second-order valence-electron chi connectivity index (χ2n) is 5.73. The van der Waals surface area contributed by atoms with E-state index in [9.17, 15) is 4.79 Å². The Balaban J connectivity index is 2.38. The fraction of sp³-hybridized carbons (Fsp3) is 0.733. The average molecular weight is 281 g/mol. The molecule has 1 unspecified atom stereocenters. The van der Waals surface area contributed by atoms with Gasteiger partial charge in [-0.25, -0.2) is 4.98 Å². The lowest BCUT2D eigenvalue weighted by molar-refractivity contribution is -0.149. The zero-order chi connectivity index (χ0) is 15.2. The molecule has 1 aromatic rings. The largest absolute Gasteiger partial charge is 0.465 e. The van der Waals surface area contributed by atoms with Gasteiger partial charge in [-0.2, -0.15) is 0 Å². The Kier molecular flexibility index (Phi) is 6.20. The van der Waals surface area contributed by atoms with E-state index in [1.54, 1.807) is 13.8 Å². The number of aryl methyl sites for hydroxylation is 1. The van der Waals surface area contributed by atoms with E-state index in [1.807, 2.05) is 12.4 Å². The lowest BCUT2D eigenvalue weighted by Crippen LogP contribution is -2.46. The molecule has 1 heterocycles. The number of imidazole rings is 1. The third kappa shape index (κ3) is 4.63. The first kappa shape index (κ1) is 16.7. The topological polar surface area (TPSA) is 70.1 Å². The van der Waals surface area contributed by atoms with Crippen LogP contribution in [0.15, 0.2) is 12.4 Å². The standard InChI is InChI=1S/C15H27N3O2/c1-5-20-14(19)15(4,16)8-6-7-10-18-11-9-17-13(18)12(2)3/h9,11-12H,5-8,10,16H2,1-4H3. The Hall–Kier alpha value is -1.36. The van der Waals surface area contributed by atoms with E-state index >= 15 is 0 Å². The Morgan fingerprint density at radius 3 is 2.80 bits per heavy atom. The van der Waals surface area contributed by atoms with Crippen molar-refractivity contribution in [3.05, 3.63) is 18.2 Å². The van der Waals surface area contributed by atoms with E-state index < -0.39 is 5.54 Å². The SMILES string of the molecule is CCOC(=O)C(C)(N)CCCCn1ccnc1C(C)C. The second kappa shape index (κ2) is 7.43. The number of hydrogen-bond donors (Lipinski definition) is 1. The third-order valence-corrected chi connectivity index (χ3v) is 3.35. The summed E-state index contributed by atoms with van der Waals surface area (Å²) in [6.45, 7) is 9.08. The molecule has 1 rings (SSSR count). The number of aromatic nitrogens is 2. The van der Waals surface area contributed by atoms with E-state index in [0.717, 1.165) is 25.2 Å². The van der Waals surface area contributed by atoms with Gasteiger partial charge in [-0.15, -0.1) is 0 Å². The predicted molar refractivity (Wildman–Crippen MR) is 79.4 cm³/mol. The van der Waals surface area contributed by atoms with Crippen molar-refractivity contribution in [3.8, 4) is 0 Å². The Morgan fingerprint density at radius 2 is 2.20 bits per heavy atom. The molecule has 1 aromatic heterocycles. The summed E-state index contributed by atoms with van der Waals surface area (Å²) in [5, 5.41) is 0. The van der Waals surface area contributed by atoms with Gasteiger partial charge in [0.05, 0.1) is 6.61 Å². The molecule has 0 radical (unpaired) electrons. The van der Waals surface area contributed by atoms with Crippen LogP contribution in [0.25, 0.3) is 0 Å². The molecule has 5 nitrogen and oxygen atoms in total. The summed E-state index contributed by atoms with van der Waals surface area (Å²) in [6, 6.07) is 0. The minimum absolute atomic E-state index is 0.314. The number of rotatable bonds is 8. The van der Waals surface area contributed by atoms with Gasteiger partial charge in [0, 0.05) is 24.9 Å². The quantitative estimate of drug-likeness (QED) is 0.587. The molecule has 114 valence electrons. The van der Waals surface area contributed by atoms with Crippen molar-refractivity contribution < 1.29 is 9.53 Å². The van der Waals surface area contributed by atoms with Crippen LogP contribution in [-0.2, 0) is 16.1 Å². The first-order valence-electron chi connectivity index (χ1n) is 7.35. The molecule has 1 atom stereocenters. The van der Waals surface area contributed by atoms with E-state index in [2.05, 4.69) is 23.4 Å². The van der Waals surface area contributed by atoms with Crippen LogP contribution >= 0.6 is 0 Å². The van der Waals surface area contributed by atoms with E-state index in [0.29, 0.717) is 18.9 Å². The first-order chi connectivity index (χ1) is 9.38. The molecule has 0 spiro atoms. The molecule has 2 N–H and O–H groups in total. The number of nitrogens with zero attached hydrogens (tertiary/aromatic N) is 2. The zero-order valence-corrected chi connectivity index (χ0v) is 13.1. The maximum atomic E-state index is 11.7. The van der Waals surface area contributed by atoms with Gasteiger partial charge < -0.3 is 15.0 Å². The first-order valence-corrected chi connectivity index (χ1v) is 7.35. The zero-order valence-electron chi connectivity index (χ0n) is 13.1. The lowest BCUT2D eigenvalue weighted by Gasteiger charge is -2.22. The number of hydrogen-bond acceptors (Lipinski definition) is 4. The van der Waals surface area contributed by atoms with Gasteiger partial charge in [0.15, 0.2) is 0 Å². The maximum absolute atomic E-state index is 11.7. The summed E-state index contributed by atoms with van der Waals surface area (Å²) in [6.07, 6.45) is 6.34. The molecule has 20 heavy (non-hydrogen) atoms. The van der Waals surface area contributed by atoms with Crippen LogP contribution in [-0.4, -0.2) is 27.7 Å². The second-order valence-corrected chi connectivity index (χ2v) is 5.73. The Labute approximate surface area is 121 Å². The van der Waals surface area contributed by atoms with Crippen LogP contribution in [0.1, 0.15) is 58.7 Å². The number of carbonyl (C=O) groups is 1. The molecule has 5 heteroatoms. The molecular weight excluding hydrogens is 254 g/mol. The highest BCUT2D eigenvalue weighted by atomic mass is 16.5. The van der Waals surface area contributed by atoms with E-state index in [-0.39, 0.29) is 5.97 Å². The number of unbranched alkanes of at least 4 members (excludes halogenated alkanes) is 1. The highest BCUT2D eigenvalue weighted by Crippen LogP contribution is 2.16. The van der Waals surface area contributed by atoms with Gasteiger partial charge in [0.2, 0.25) is 0 Å². The summed E-state index contributed by atoms with van der Waals surface area (Å²) in [5.74, 6) is 1.21. The summed E-state index contributed by atoms with van der Waals surface area (Å²) in [4.78, 5) is 16.0. The summed E-state index contributed by atoms with van der Waals surface area (Å²) in [7, 11) is 0. The van der Waals surface area contributed by atoms with Crippen molar-refractivity contribution in [1.82, 2.24) is 9.55 Å². The Morgan fingerprint density at radius 1 is 1.50 bits per heavy atom. The molecule has 0 fully saturated rings. The molecule has 0 aromatic carbocycles. The predicted octanol–water partition coefficient (Wildman–Crippen LogP) is 2.46. The van der Waals surface area contributed by atoms with Crippen molar-refractivity contribution in [2.75, 3.05) is 6.61 Å². The van der Waals surface area contributed by atoms with Crippen molar-refractivity contribution in [2.24, 2.45) is 5.73 Å². The van der Waals surface area contributed by atoms with E-state index in [4.69, 9.17) is 10.5 Å². The summed E-state index contributed by atoms with van der Waals surface area (Å²) in [5.41, 5.74) is 5.11. The van der Waals surface area contributed by atoms with Crippen LogP contribution < -0.4 is 5.73 Å². The summed E-state index contributed by atoms with van der Waals surface area (Å²) < 4.78 is 7.15. The molecular formula is C15H27N3O2. The number of carbonyl (C=O) groups excluding carboxylic acids is 1. The molecule has 0 amide bonds. The van der Waals surface area contributed by atoms with Gasteiger partial charge in [-0.1, -0.05) is 13.8 Å². The molecule has 0 bridgehead atoms. The highest BCUT2D eigenvalue weighted by molar-refractivity contribution is 5.79. The van der Waals surface area contributed by atoms with Gasteiger partial charge in [0.25, 0.3) is 0 Å². The van der Waals surface area contributed by atoms with Crippen LogP contribution in [0.2, 0.25) is 0 Å². The maximum Gasteiger partial charge on any atom is 0.325 e. The molecule has 0 saturated heterocycles. The molecule has 0 saturated carbocycles. The van der Waals surface area contributed by atoms with Gasteiger partial charge in [0.1, 0.15) is 11.4 Å². The highest BCUT2D eigenvalue weighted by Gasteiger charge is 2.29. The van der Waals surface area contributed by atoms with Crippen molar-refractivity contribution in [2.45, 2.75) is 65.0 Å².